The van der Waals surface area contributed by atoms with Gasteiger partial charge in [0, 0.05) is 0 Å². The number of hydrogen-bond acceptors (Lipinski definition) is 1. The van der Waals surface area contributed by atoms with Crippen molar-refractivity contribution < 1.29 is 4.39 Å². The number of aromatic nitrogens is 2. The van der Waals surface area contributed by atoms with Crippen molar-refractivity contribution in [3.63, 3.8) is 0 Å². The predicted octanol–water partition coefficient (Wildman–Crippen LogP) is 2.35. The van der Waals surface area contributed by atoms with Crippen LogP contribution in [-0.2, 0) is 0 Å². The normalized spacial score (nSPS) is 14.8. The van der Waals surface area contributed by atoms with Gasteiger partial charge in [-0.3, -0.25) is 0 Å². The third kappa shape index (κ3) is 1.67. The van der Waals surface area contributed by atoms with Crippen LogP contribution >= 0.6 is 0 Å². The Bertz CT molecular complexity index is 686. The van der Waals surface area contributed by atoms with E-state index in [0.717, 1.165) is 23.5 Å². The molecule has 18 heavy (non-hydrogen) atoms. The van der Waals surface area contributed by atoms with Crippen LogP contribution in [0.1, 0.15) is 26.7 Å². The molecule has 2 aromatic rings. The maximum Gasteiger partial charge on any atom is 0.141 e. The van der Waals surface area contributed by atoms with Gasteiger partial charge < -0.3 is 4.98 Å². The summed E-state index contributed by atoms with van der Waals surface area (Å²) in [5.74, 6) is 0.387. The smallest absolute Gasteiger partial charge is 0.141 e. The quantitative estimate of drug-likeness (QED) is 0.817. The van der Waals surface area contributed by atoms with Crippen LogP contribution in [-0.4, -0.2) is 9.97 Å². The Morgan fingerprint density at radius 1 is 1.11 bits per heavy atom. The average molecular weight is 242 g/mol. The monoisotopic (exact) mass is 242 g/mol. The molecule has 0 bridgehead atoms. The zero-order chi connectivity index (χ0) is 12.7. The molecule has 0 atom stereocenters. The van der Waals surface area contributed by atoms with Crippen LogP contribution in [0.15, 0.2) is 24.3 Å². The van der Waals surface area contributed by atoms with Gasteiger partial charge in [0.2, 0.25) is 0 Å². The Balaban J connectivity index is 2.31. The summed E-state index contributed by atoms with van der Waals surface area (Å²) in [5.41, 5.74) is 3.10. The molecular weight excluding hydrogens is 227 g/mol. The number of nitrogens with one attached hydrogen (secondary N) is 1. The van der Waals surface area contributed by atoms with Crippen molar-refractivity contribution in [1.29, 1.82) is 0 Å². The average Bonchev–Trinajstić information content (AvgIpc) is 2.80. The zero-order valence-electron chi connectivity index (χ0n) is 10.5. The minimum Gasteiger partial charge on any atom is -0.338 e. The topological polar surface area (TPSA) is 28.7 Å². The second-order valence-electron chi connectivity index (χ2n) is 4.85. The van der Waals surface area contributed by atoms with Gasteiger partial charge in [-0.2, -0.15) is 0 Å². The lowest BCUT2D eigenvalue weighted by atomic mass is 10.0. The van der Waals surface area contributed by atoms with E-state index in [1.165, 1.54) is 17.2 Å². The van der Waals surface area contributed by atoms with Crippen molar-refractivity contribution in [3.05, 3.63) is 40.8 Å². The van der Waals surface area contributed by atoms with E-state index in [2.05, 4.69) is 23.8 Å². The van der Waals surface area contributed by atoms with E-state index in [1.807, 2.05) is 6.07 Å². The third-order valence-electron chi connectivity index (χ3n) is 3.54. The van der Waals surface area contributed by atoms with Crippen molar-refractivity contribution in [2.24, 2.45) is 0 Å². The first-order valence-electron chi connectivity index (χ1n) is 6.17. The number of rotatable bonds is 1. The van der Waals surface area contributed by atoms with E-state index in [9.17, 15) is 4.39 Å². The fourth-order valence-corrected chi connectivity index (χ4v) is 2.39. The van der Waals surface area contributed by atoms with Gasteiger partial charge in [-0.25, -0.2) is 9.37 Å². The molecule has 0 unspecified atom stereocenters. The van der Waals surface area contributed by atoms with Gasteiger partial charge in [0.25, 0.3) is 0 Å². The number of nitrogens with zero attached hydrogens (tertiary/aromatic N) is 1. The van der Waals surface area contributed by atoms with Crippen LogP contribution in [0.4, 0.5) is 4.39 Å². The molecule has 0 fully saturated rings. The standard InChI is InChI=1S/C15H15FN2/c1-9-7-8-10(2)14-13(9)17-15(18-14)11-5-3-4-6-12(11)16/h3-6H,7-8H2,1-2H3,(H,17,18). The summed E-state index contributed by atoms with van der Waals surface area (Å²) < 4.78 is 13.8. The molecule has 2 nitrogen and oxygen atoms in total. The van der Waals surface area contributed by atoms with Crippen LogP contribution in [0.25, 0.3) is 22.5 Å². The van der Waals surface area contributed by atoms with Gasteiger partial charge in [0.15, 0.2) is 0 Å². The minimum atomic E-state index is -0.237. The fraction of sp³-hybridized carbons (Fsp3) is 0.267. The molecule has 0 spiro atoms. The van der Waals surface area contributed by atoms with Crippen molar-refractivity contribution in [1.82, 2.24) is 9.97 Å². The van der Waals surface area contributed by atoms with Gasteiger partial charge in [0.05, 0.1) is 16.3 Å². The molecule has 1 aliphatic carbocycles. The third-order valence-corrected chi connectivity index (χ3v) is 3.54. The maximum absolute atomic E-state index is 13.8. The molecule has 0 aliphatic heterocycles. The summed E-state index contributed by atoms with van der Waals surface area (Å²) in [7, 11) is 0. The van der Waals surface area contributed by atoms with Gasteiger partial charge >= 0.3 is 0 Å². The predicted molar refractivity (Wildman–Crippen MR) is 70.6 cm³/mol. The molecule has 3 heteroatoms. The lowest BCUT2D eigenvalue weighted by Gasteiger charge is -2.05. The second kappa shape index (κ2) is 4.09. The molecule has 3 rings (SSSR count). The van der Waals surface area contributed by atoms with E-state index in [-0.39, 0.29) is 5.82 Å². The number of hydrogen-bond donors (Lipinski definition) is 1. The minimum absolute atomic E-state index is 0.237. The van der Waals surface area contributed by atoms with Crippen LogP contribution < -0.4 is 10.7 Å². The Labute approximate surface area is 105 Å². The number of H-pyrrole nitrogens is 1. The molecule has 1 aliphatic rings. The fourth-order valence-electron chi connectivity index (χ4n) is 2.39. The summed E-state index contributed by atoms with van der Waals surface area (Å²) in [6.07, 6.45) is 2.10. The first-order valence-corrected chi connectivity index (χ1v) is 6.17. The molecule has 1 aromatic carbocycles. The summed E-state index contributed by atoms with van der Waals surface area (Å²) >= 11 is 0. The molecule has 1 aromatic heterocycles. The van der Waals surface area contributed by atoms with Gasteiger partial charge in [-0.15, -0.1) is 0 Å². The molecule has 0 saturated heterocycles. The van der Waals surface area contributed by atoms with E-state index in [1.54, 1.807) is 12.1 Å². The van der Waals surface area contributed by atoms with Crippen molar-refractivity contribution in [2.45, 2.75) is 26.7 Å². The molecule has 0 saturated carbocycles. The maximum atomic E-state index is 13.8. The molecular formula is C15H15FN2. The SMILES string of the molecule is CC1=c2nc(-c3ccccc3F)[nH]c2=C(C)CC1. The first kappa shape index (κ1) is 11.2. The first-order chi connectivity index (χ1) is 8.66. The van der Waals surface area contributed by atoms with Crippen LogP contribution in [0.3, 0.4) is 0 Å². The second-order valence-corrected chi connectivity index (χ2v) is 4.85. The Morgan fingerprint density at radius 3 is 2.56 bits per heavy atom. The Kier molecular flexibility index (Phi) is 2.54. The Hall–Kier alpha value is -1.90. The lowest BCUT2D eigenvalue weighted by molar-refractivity contribution is 0.630. The van der Waals surface area contributed by atoms with Crippen molar-refractivity contribution in [3.8, 4) is 11.4 Å². The van der Waals surface area contributed by atoms with E-state index in [4.69, 9.17) is 0 Å². The number of benzene rings is 1. The highest BCUT2D eigenvalue weighted by Crippen LogP contribution is 2.18. The van der Waals surface area contributed by atoms with Crippen LogP contribution in [0, 0.1) is 5.82 Å². The van der Waals surface area contributed by atoms with E-state index >= 15 is 0 Å². The van der Waals surface area contributed by atoms with Gasteiger partial charge in [0.1, 0.15) is 11.6 Å². The van der Waals surface area contributed by atoms with Gasteiger partial charge in [-0.1, -0.05) is 12.1 Å². The van der Waals surface area contributed by atoms with Gasteiger partial charge in [-0.05, 0) is 50.0 Å². The number of imidazole rings is 1. The van der Waals surface area contributed by atoms with Crippen molar-refractivity contribution in [2.75, 3.05) is 0 Å². The molecule has 92 valence electrons. The van der Waals surface area contributed by atoms with Crippen LogP contribution in [0.5, 0.6) is 0 Å². The highest BCUT2D eigenvalue weighted by molar-refractivity contribution is 5.59. The summed E-state index contributed by atoms with van der Waals surface area (Å²) in [6.45, 7) is 4.20. The highest BCUT2D eigenvalue weighted by Gasteiger charge is 2.12. The molecule has 1 N–H and O–H groups in total. The van der Waals surface area contributed by atoms with E-state index < -0.39 is 0 Å². The zero-order valence-corrected chi connectivity index (χ0v) is 10.5. The molecule has 1 heterocycles. The number of halogens is 1. The summed E-state index contributed by atoms with van der Waals surface area (Å²) in [5, 5.41) is 2.06. The largest absolute Gasteiger partial charge is 0.338 e. The van der Waals surface area contributed by atoms with Crippen LogP contribution in [0.2, 0.25) is 0 Å². The molecule has 0 radical (unpaired) electrons. The molecule has 0 amide bonds. The highest BCUT2D eigenvalue weighted by atomic mass is 19.1. The number of aromatic amines is 1. The summed E-state index contributed by atoms with van der Waals surface area (Å²) in [6, 6.07) is 6.73. The summed E-state index contributed by atoms with van der Waals surface area (Å²) in [4.78, 5) is 7.82. The van der Waals surface area contributed by atoms with Crippen molar-refractivity contribution >= 4 is 11.1 Å². The lowest BCUT2D eigenvalue weighted by Crippen LogP contribution is -2.31. The Morgan fingerprint density at radius 2 is 1.83 bits per heavy atom. The number of fused-ring (bicyclic) bond motifs is 1. The van der Waals surface area contributed by atoms with E-state index in [0.29, 0.717) is 11.4 Å².